The van der Waals surface area contributed by atoms with Crippen molar-refractivity contribution in [3.05, 3.63) is 35.4 Å². The van der Waals surface area contributed by atoms with Gasteiger partial charge >= 0.3 is 0 Å². The van der Waals surface area contributed by atoms with E-state index in [0.29, 0.717) is 26.1 Å². The fourth-order valence-corrected chi connectivity index (χ4v) is 3.74. The predicted octanol–water partition coefficient (Wildman–Crippen LogP) is 1.29. The third kappa shape index (κ3) is 2.50. The Balaban J connectivity index is 1.73. The lowest BCUT2D eigenvalue weighted by molar-refractivity contribution is -0.141. The summed E-state index contributed by atoms with van der Waals surface area (Å²) in [5.74, 6) is -0.0533. The Labute approximate surface area is 130 Å². The van der Waals surface area contributed by atoms with Crippen LogP contribution in [0, 0.1) is 0 Å². The number of hydrogen-bond donors (Lipinski definition) is 1. The molecular formula is C17H22N2O3. The maximum absolute atomic E-state index is 12.7. The van der Waals surface area contributed by atoms with Gasteiger partial charge in [0.1, 0.15) is 0 Å². The molecule has 118 valence electrons. The summed E-state index contributed by atoms with van der Waals surface area (Å²) in [6.07, 6.45) is 1.74. The van der Waals surface area contributed by atoms with Crippen molar-refractivity contribution in [3.8, 4) is 0 Å². The first-order valence-electron chi connectivity index (χ1n) is 7.79. The summed E-state index contributed by atoms with van der Waals surface area (Å²) in [4.78, 5) is 28.0. The SMILES string of the molecule is CC(=O)N1CCCC1(CO)CC(=O)N1Cc2ccccc2C1. The van der Waals surface area contributed by atoms with Crippen LogP contribution in [0.1, 0.15) is 37.3 Å². The average Bonchev–Trinajstić information content (AvgIpc) is 3.11. The normalized spacial score (nSPS) is 23.7. The maximum atomic E-state index is 12.7. The number of carbonyl (C=O) groups excluding carboxylic acids is 2. The van der Waals surface area contributed by atoms with Crippen molar-refractivity contribution in [2.24, 2.45) is 0 Å². The number of carbonyl (C=O) groups is 2. The van der Waals surface area contributed by atoms with Crippen LogP contribution in [0.3, 0.4) is 0 Å². The van der Waals surface area contributed by atoms with E-state index in [2.05, 4.69) is 0 Å². The van der Waals surface area contributed by atoms with E-state index in [9.17, 15) is 14.7 Å². The van der Waals surface area contributed by atoms with Crippen LogP contribution < -0.4 is 0 Å². The van der Waals surface area contributed by atoms with E-state index < -0.39 is 5.54 Å². The van der Waals surface area contributed by atoms with Gasteiger partial charge < -0.3 is 14.9 Å². The third-order valence-electron chi connectivity index (χ3n) is 4.94. The molecule has 2 aliphatic heterocycles. The van der Waals surface area contributed by atoms with Crippen LogP contribution in [-0.4, -0.2) is 45.4 Å². The molecule has 0 saturated carbocycles. The quantitative estimate of drug-likeness (QED) is 0.915. The summed E-state index contributed by atoms with van der Waals surface area (Å²) in [6.45, 7) is 3.22. The molecule has 0 spiro atoms. The molecule has 1 fully saturated rings. The zero-order chi connectivity index (χ0) is 15.7. The Hall–Kier alpha value is -1.88. The molecule has 1 saturated heterocycles. The summed E-state index contributed by atoms with van der Waals surface area (Å²) in [7, 11) is 0. The molecule has 1 aromatic carbocycles. The van der Waals surface area contributed by atoms with Crippen LogP contribution in [-0.2, 0) is 22.7 Å². The van der Waals surface area contributed by atoms with Crippen molar-refractivity contribution in [3.63, 3.8) is 0 Å². The van der Waals surface area contributed by atoms with Crippen LogP contribution in [0.2, 0.25) is 0 Å². The minimum atomic E-state index is -0.711. The maximum Gasteiger partial charge on any atom is 0.225 e. The first-order chi connectivity index (χ1) is 10.6. The molecule has 0 aliphatic carbocycles. The summed E-state index contributed by atoms with van der Waals surface area (Å²) in [5.41, 5.74) is 1.66. The lowest BCUT2D eigenvalue weighted by Crippen LogP contribution is -2.52. The summed E-state index contributed by atoms with van der Waals surface area (Å²) in [6, 6.07) is 8.05. The van der Waals surface area contributed by atoms with E-state index in [1.165, 1.54) is 18.1 Å². The molecule has 1 N–H and O–H groups in total. The fourth-order valence-electron chi connectivity index (χ4n) is 3.74. The van der Waals surface area contributed by atoms with Gasteiger partial charge in [-0.15, -0.1) is 0 Å². The molecular weight excluding hydrogens is 280 g/mol. The van der Waals surface area contributed by atoms with E-state index in [-0.39, 0.29) is 24.8 Å². The van der Waals surface area contributed by atoms with E-state index in [0.717, 1.165) is 6.42 Å². The number of aliphatic hydroxyl groups is 1. The van der Waals surface area contributed by atoms with Crippen LogP contribution in [0.15, 0.2) is 24.3 Å². The second-order valence-corrected chi connectivity index (χ2v) is 6.35. The molecule has 0 bridgehead atoms. The Bertz CT molecular complexity index is 576. The van der Waals surface area contributed by atoms with Gasteiger partial charge in [-0.2, -0.15) is 0 Å². The minimum absolute atomic E-state index is 0.0124. The highest BCUT2D eigenvalue weighted by Crippen LogP contribution is 2.34. The minimum Gasteiger partial charge on any atom is -0.394 e. The van der Waals surface area contributed by atoms with Crippen molar-refractivity contribution in [1.82, 2.24) is 9.80 Å². The molecule has 22 heavy (non-hydrogen) atoms. The molecule has 1 atom stereocenters. The van der Waals surface area contributed by atoms with Gasteiger partial charge in [-0.1, -0.05) is 24.3 Å². The molecule has 2 heterocycles. The van der Waals surface area contributed by atoms with Crippen LogP contribution in [0.5, 0.6) is 0 Å². The monoisotopic (exact) mass is 302 g/mol. The summed E-state index contributed by atoms with van der Waals surface area (Å²) >= 11 is 0. The number of amides is 2. The van der Waals surface area contributed by atoms with E-state index >= 15 is 0 Å². The van der Waals surface area contributed by atoms with E-state index in [1.807, 2.05) is 29.2 Å². The van der Waals surface area contributed by atoms with Gasteiger partial charge in [0.05, 0.1) is 18.6 Å². The molecule has 1 unspecified atom stereocenters. The molecule has 3 rings (SSSR count). The number of benzene rings is 1. The highest BCUT2D eigenvalue weighted by Gasteiger charge is 2.44. The second-order valence-electron chi connectivity index (χ2n) is 6.35. The topological polar surface area (TPSA) is 60.9 Å². The molecule has 0 radical (unpaired) electrons. The molecule has 5 nitrogen and oxygen atoms in total. The lowest BCUT2D eigenvalue weighted by atomic mass is 9.92. The Kier molecular flexibility index (Phi) is 3.91. The van der Waals surface area contributed by atoms with Gasteiger partial charge in [0.15, 0.2) is 0 Å². The highest BCUT2D eigenvalue weighted by molar-refractivity contribution is 5.81. The van der Waals surface area contributed by atoms with Gasteiger partial charge in [0, 0.05) is 26.6 Å². The Morgan fingerprint density at radius 1 is 1.23 bits per heavy atom. The largest absolute Gasteiger partial charge is 0.394 e. The van der Waals surface area contributed by atoms with Crippen molar-refractivity contribution in [2.45, 2.75) is 44.8 Å². The molecule has 0 aromatic heterocycles. The number of nitrogens with zero attached hydrogens (tertiary/aromatic N) is 2. The highest BCUT2D eigenvalue weighted by atomic mass is 16.3. The first kappa shape index (κ1) is 15.0. The summed E-state index contributed by atoms with van der Waals surface area (Å²) < 4.78 is 0. The number of rotatable bonds is 3. The molecule has 5 heteroatoms. The summed E-state index contributed by atoms with van der Waals surface area (Å²) in [5, 5.41) is 9.84. The predicted molar refractivity (Wildman–Crippen MR) is 81.8 cm³/mol. The number of hydrogen-bond acceptors (Lipinski definition) is 3. The Morgan fingerprint density at radius 2 is 1.86 bits per heavy atom. The molecule has 2 aliphatic rings. The Morgan fingerprint density at radius 3 is 2.41 bits per heavy atom. The number of aliphatic hydroxyl groups excluding tert-OH is 1. The van der Waals surface area contributed by atoms with Crippen LogP contribution in [0.4, 0.5) is 0 Å². The van der Waals surface area contributed by atoms with Gasteiger partial charge in [0.25, 0.3) is 0 Å². The van der Waals surface area contributed by atoms with Gasteiger partial charge in [0.2, 0.25) is 11.8 Å². The number of likely N-dealkylation sites (tertiary alicyclic amines) is 1. The van der Waals surface area contributed by atoms with Gasteiger partial charge in [-0.25, -0.2) is 0 Å². The zero-order valence-electron chi connectivity index (χ0n) is 12.9. The van der Waals surface area contributed by atoms with Gasteiger partial charge in [-0.05, 0) is 24.0 Å². The van der Waals surface area contributed by atoms with E-state index in [1.54, 1.807) is 4.90 Å². The third-order valence-corrected chi connectivity index (χ3v) is 4.94. The van der Waals surface area contributed by atoms with E-state index in [4.69, 9.17) is 0 Å². The zero-order valence-corrected chi connectivity index (χ0v) is 12.9. The fraction of sp³-hybridized carbons (Fsp3) is 0.529. The molecule has 2 amide bonds. The smallest absolute Gasteiger partial charge is 0.225 e. The molecule has 1 aromatic rings. The van der Waals surface area contributed by atoms with Gasteiger partial charge in [-0.3, -0.25) is 9.59 Å². The van der Waals surface area contributed by atoms with Crippen LogP contribution in [0.25, 0.3) is 0 Å². The standard InChI is InChI=1S/C17H22N2O3/c1-13(21)19-8-4-7-17(19,12-20)9-16(22)18-10-14-5-2-3-6-15(14)11-18/h2-3,5-6,20H,4,7-12H2,1H3. The number of fused-ring (bicyclic) bond motifs is 1. The van der Waals surface area contributed by atoms with Crippen molar-refractivity contribution < 1.29 is 14.7 Å². The second kappa shape index (κ2) is 5.72. The average molecular weight is 302 g/mol. The lowest BCUT2D eigenvalue weighted by Gasteiger charge is -2.37. The van der Waals surface area contributed by atoms with Crippen molar-refractivity contribution >= 4 is 11.8 Å². The first-order valence-corrected chi connectivity index (χ1v) is 7.79. The van der Waals surface area contributed by atoms with Crippen molar-refractivity contribution in [1.29, 1.82) is 0 Å². The van der Waals surface area contributed by atoms with Crippen LogP contribution >= 0.6 is 0 Å². The van der Waals surface area contributed by atoms with Crippen molar-refractivity contribution in [2.75, 3.05) is 13.2 Å².